The number of hydrogen-bond acceptors (Lipinski definition) is 1. The summed E-state index contributed by atoms with van der Waals surface area (Å²) in [6.45, 7) is 2.21. The van der Waals surface area contributed by atoms with Gasteiger partial charge in [-0.2, -0.15) is 0 Å². The molecule has 0 aromatic heterocycles. The number of hydrogen-bond donors (Lipinski definition) is 1. The van der Waals surface area contributed by atoms with E-state index in [9.17, 15) is 0 Å². The smallest absolute Gasteiger partial charge is 0.0565 e. The van der Waals surface area contributed by atoms with E-state index in [4.69, 9.17) is 0 Å². The van der Waals surface area contributed by atoms with Crippen LogP contribution in [0, 0.1) is 0 Å². The van der Waals surface area contributed by atoms with E-state index in [1.165, 1.54) is 5.69 Å². The van der Waals surface area contributed by atoms with Gasteiger partial charge in [0.1, 0.15) is 0 Å². The SMILES string of the molecule is CC1(Nc2ccccc2)C=CC=CC1.[HH]. The van der Waals surface area contributed by atoms with Crippen LogP contribution in [0.1, 0.15) is 14.8 Å². The molecule has 0 radical (unpaired) electrons. The van der Waals surface area contributed by atoms with Crippen molar-refractivity contribution < 1.29 is 1.43 Å². The van der Waals surface area contributed by atoms with Crippen molar-refractivity contribution >= 4 is 5.69 Å². The van der Waals surface area contributed by atoms with Gasteiger partial charge in [0.05, 0.1) is 5.54 Å². The Labute approximate surface area is 86.6 Å². The van der Waals surface area contributed by atoms with Crippen LogP contribution in [0.5, 0.6) is 0 Å². The molecule has 0 aliphatic heterocycles. The fraction of sp³-hybridized carbons (Fsp3) is 0.231. The Kier molecular flexibility index (Phi) is 2.40. The molecule has 14 heavy (non-hydrogen) atoms. The minimum absolute atomic E-state index is 0. The zero-order valence-electron chi connectivity index (χ0n) is 8.40. The van der Waals surface area contributed by atoms with E-state index in [0.717, 1.165) is 6.42 Å². The molecule has 2 rings (SSSR count). The molecule has 0 saturated heterocycles. The average molecular weight is 187 g/mol. The summed E-state index contributed by atoms with van der Waals surface area (Å²) in [5.74, 6) is 0. The normalized spacial score (nSPS) is 24.9. The minimum atomic E-state index is 0. The van der Waals surface area contributed by atoms with Crippen LogP contribution < -0.4 is 5.32 Å². The lowest BCUT2D eigenvalue weighted by Gasteiger charge is -2.29. The monoisotopic (exact) mass is 187 g/mol. The molecule has 1 aliphatic rings. The summed E-state index contributed by atoms with van der Waals surface area (Å²) in [7, 11) is 0. The lowest BCUT2D eigenvalue weighted by Crippen LogP contribution is -2.32. The molecular weight excluding hydrogens is 170 g/mol. The second kappa shape index (κ2) is 3.70. The van der Waals surface area contributed by atoms with Gasteiger partial charge in [-0.05, 0) is 25.5 Å². The molecule has 0 spiro atoms. The largest absolute Gasteiger partial charge is 0.376 e. The Morgan fingerprint density at radius 3 is 2.64 bits per heavy atom. The molecule has 0 fully saturated rings. The zero-order chi connectivity index (χ0) is 9.86. The number of allylic oxidation sites excluding steroid dienone is 2. The van der Waals surface area contributed by atoms with E-state index >= 15 is 0 Å². The summed E-state index contributed by atoms with van der Waals surface area (Å²) in [6.07, 6.45) is 9.63. The van der Waals surface area contributed by atoms with Gasteiger partial charge in [0, 0.05) is 7.11 Å². The van der Waals surface area contributed by atoms with E-state index in [0.29, 0.717) is 0 Å². The summed E-state index contributed by atoms with van der Waals surface area (Å²) in [4.78, 5) is 0. The van der Waals surface area contributed by atoms with Crippen molar-refractivity contribution in [2.75, 3.05) is 5.32 Å². The van der Waals surface area contributed by atoms with Crippen LogP contribution in [-0.4, -0.2) is 5.54 Å². The molecule has 1 unspecified atom stereocenters. The molecule has 1 aliphatic carbocycles. The van der Waals surface area contributed by atoms with Crippen molar-refractivity contribution in [2.45, 2.75) is 18.9 Å². The average Bonchev–Trinajstić information content (AvgIpc) is 2.19. The van der Waals surface area contributed by atoms with Gasteiger partial charge in [0.25, 0.3) is 0 Å². The molecule has 0 bridgehead atoms. The molecule has 1 aromatic rings. The van der Waals surface area contributed by atoms with Crippen molar-refractivity contribution in [3.8, 4) is 0 Å². The van der Waals surface area contributed by atoms with E-state index in [1.54, 1.807) is 0 Å². The second-order valence-electron chi connectivity index (χ2n) is 3.90. The Balaban J connectivity index is 0.00000112. The maximum Gasteiger partial charge on any atom is 0.0565 e. The van der Waals surface area contributed by atoms with Crippen LogP contribution in [0.25, 0.3) is 0 Å². The summed E-state index contributed by atoms with van der Waals surface area (Å²) in [5, 5.41) is 3.52. The van der Waals surface area contributed by atoms with E-state index in [1.807, 2.05) is 18.2 Å². The number of nitrogens with one attached hydrogen (secondary N) is 1. The fourth-order valence-corrected chi connectivity index (χ4v) is 1.67. The molecule has 1 heteroatoms. The van der Waals surface area contributed by atoms with Gasteiger partial charge in [-0.1, -0.05) is 42.5 Å². The van der Waals surface area contributed by atoms with Crippen LogP contribution in [-0.2, 0) is 0 Å². The number of benzene rings is 1. The van der Waals surface area contributed by atoms with Crippen LogP contribution in [0.2, 0.25) is 0 Å². The summed E-state index contributed by atoms with van der Waals surface area (Å²) in [5.41, 5.74) is 1.24. The third kappa shape index (κ3) is 2.05. The van der Waals surface area contributed by atoms with Crippen molar-refractivity contribution in [3.63, 3.8) is 0 Å². The van der Waals surface area contributed by atoms with Crippen LogP contribution in [0.3, 0.4) is 0 Å². The lowest BCUT2D eigenvalue weighted by atomic mass is 9.93. The van der Waals surface area contributed by atoms with E-state index in [2.05, 4.69) is 48.7 Å². The summed E-state index contributed by atoms with van der Waals surface area (Å²) < 4.78 is 0. The standard InChI is InChI=1S/C13H15N.H2/c1-13(10-6-3-7-11-13)14-12-8-4-2-5-9-12;/h2-10,14H,11H2,1H3;1H. The van der Waals surface area contributed by atoms with E-state index < -0.39 is 0 Å². The van der Waals surface area contributed by atoms with Crippen LogP contribution >= 0.6 is 0 Å². The minimum Gasteiger partial charge on any atom is -0.376 e. The van der Waals surface area contributed by atoms with Crippen molar-refractivity contribution in [1.82, 2.24) is 0 Å². The predicted octanol–water partition coefficient (Wildman–Crippen LogP) is 3.62. The van der Waals surface area contributed by atoms with E-state index in [-0.39, 0.29) is 6.97 Å². The fourth-order valence-electron chi connectivity index (χ4n) is 1.67. The molecule has 74 valence electrons. The van der Waals surface area contributed by atoms with Gasteiger partial charge in [0.15, 0.2) is 0 Å². The molecule has 0 amide bonds. The first-order chi connectivity index (χ1) is 6.79. The molecule has 1 nitrogen and oxygen atoms in total. The molecule has 1 atom stereocenters. The summed E-state index contributed by atoms with van der Waals surface area (Å²) >= 11 is 0. The van der Waals surface area contributed by atoms with Gasteiger partial charge in [-0.3, -0.25) is 0 Å². The Morgan fingerprint density at radius 2 is 2.00 bits per heavy atom. The maximum atomic E-state index is 3.52. The predicted molar refractivity (Wildman–Crippen MR) is 63.5 cm³/mol. The first-order valence-electron chi connectivity index (χ1n) is 4.96. The molecular formula is C13H17N. The Hall–Kier alpha value is -1.50. The van der Waals surface area contributed by atoms with Crippen LogP contribution in [0.4, 0.5) is 5.69 Å². The highest BCUT2D eigenvalue weighted by Crippen LogP contribution is 2.22. The number of anilines is 1. The van der Waals surface area contributed by atoms with Gasteiger partial charge in [0.2, 0.25) is 0 Å². The van der Waals surface area contributed by atoms with Gasteiger partial charge < -0.3 is 5.32 Å². The van der Waals surface area contributed by atoms with Crippen LogP contribution in [0.15, 0.2) is 54.6 Å². The van der Waals surface area contributed by atoms with Gasteiger partial charge in [-0.15, -0.1) is 0 Å². The zero-order valence-corrected chi connectivity index (χ0v) is 8.40. The summed E-state index contributed by atoms with van der Waals surface area (Å²) in [6, 6.07) is 10.3. The van der Waals surface area contributed by atoms with Crippen molar-refractivity contribution in [3.05, 3.63) is 54.6 Å². The Morgan fingerprint density at radius 1 is 1.21 bits per heavy atom. The first kappa shape index (κ1) is 9.07. The third-order valence-corrected chi connectivity index (χ3v) is 2.46. The molecule has 0 heterocycles. The highest BCUT2D eigenvalue weighted by molar-refractivity contribution is 5.47. The van der Waals surface area contributed by atoms with Gasteiger partial charge in [-0.25, -0.2) is 0 Å². The number of rotatable bonds is 2. The highest BCUT2D eigenvalue weighted by Gasteiger charge is 2.19. The first-order valence-corrected chi connectivity index (χ1v) is 4.96. The molecule has 1 N–H and O–H groups in total. The van der Waals surface area contributed by atoms with Crippen molar-refractivity contribution in [2.24, 2.45) is 0 Å². The van der Waals surface area contributed by atoms with Gasteiger partial charge >= 0.3 is 0 Å². The lowest BCUT2D eigenvalue weighted by molar-refractivity contribution is 0.641. The van der Waals surface area contributed by atoms with Crippen molar-refractivity contribution in [1.29, 1.82) is 0 Å². The molecule has 0 saturated carbocycles. The third-order valence-electron chi connectivity index (χ3n) is 2.46. The Bertz CT molecular complexity index is 356. The second-order valence-corrected chi connectivity index (χ2v) is 3.90. The molecule has 1 aromatic carbocycles. The highest BCUT2D eigenvalue weighted by atomic mass is 15.0. The number of para-hydroxylation sites is 1. The quantitative estimate of drug-likeness (QED) is 0.745. The topological polar surface area (TPSA) is 12.0 Å². The maximum absolute atomic E-state index is 3.52.